The molecule has 0 heterocycles. The maximum absolute atomic E-state index is 12.6. The second kappa shape index (κ2) is 7.06. The quantitative estimate of drug-likeness (QED) is 0.824. The maximum Gasteiger partial charge on any atom is 0.144 e. The molecule has 19 heavy (non-hydrogen) atoms. The van der Waals surface area contributed by atoms with Gasteiger partial charge in [-0.05, 0) is 32.5 Å². The predicted molar refractivity (Wildman–Crippen MR) is 82.0 cm³/mol. The fraction of sp³-hybridized carbons (Fsp3) is 0.562. The van der Waals surface area contributed by atoms with Crippen molar-refractivity contribution in [2.45, 2.75) is 37.5 Å². The first-order chi connectivity index (χ1) is 8.65. The highest BCUT2D eigenvalue weighted by Crippen LogP contribution is 2.42. The molecule has 1 aliphatic rings. The second-order valence-corrected chi connectivity index (χ2v) is 5.63. The highest BCUT2D eigenvalue weighted by molar-refractivity contribution is 5.90. The lowest BCUT2D eigenvalue weighted by atomic mass is 9.74. The van der Waals surface area contributed by atoms with E-state index in [0.717, 1.165) is 19.4 Å². The lowest BCUT2D eigenvalue weighted by Crippen LogP contribution is -2.34. The molecule has 0 radical (unpaired) electrons. The molecule has 0 aromatic heterocycles. The van der Waals surface area contributed by atoms with Crippen molar-refractivity contribution in [3.63, 3.8) is 0 Å². The van der Waals surface area contributed by atoms with Crippen LogP contribution >= 0.6 is 12.4 Å². The molecule has 1 aromatic rings. The molecule has 2 rings (SSSR count). The Morgan fingerprint density at radius 3 is 2.26 bits per heavy atom. The molecule has 2 nitrogen and oxygen atoms in total. The van der Waals surface area contributed by atoms with Crippen molar-refractivity contribution in [2.24, 2.45) is 0 Å². The Kier molecular flexibility index (Phi) is 6.02. The average molecular weight is 282 g/mol. The monoisotopic (exact) mass is 281 g/mol. The SMILES string of the molecule is CN(C)CCC(=O)C1(c2ccccc2)CCCC1.Cl. The molecule has 106 valence electrons. The minimum absolute atomic E-state index is 0. The number of hydrogen-bond acceptors (Lipinski definition) is 2. The van der Waals surface area contributed by atoms with Crippen LogP contribution in [0.4, 0.5) is 0 Å². The molecule has 3 heteroatoms. The Hall–Kier alpha value is -0.860. The molecule has 1 aromatic carbocycles. The molecule has 0 spiro atoms. The number of rotatable bonds is 5. The summed E-state index contributed by atoms with van der Waals surface area (Å²) in [7, 11) is 4.05. The van der Waals surface area contributed by atoms with Crippen LogP contribution in [0.15, 0.2) is 30.3 Å². The van der Waals surface area contributed by atoms with Gasteiger partial charge in [-0.25, -0.2) is 0 Å². The normalized spacial score (nSPS) is 17.2. The van der Waals surface area contributed by atoms with Crippen LogP contribution in [-0.4, -0.2) is 31.3 Å². The van der Waals surface area contributed by atoms with E-state index in [1.807, 2.05) is 20.2 Å². The van der Waals surface area contributed by atoms with Crippen molar-refractivity contribution in [2.75, 3.05) is 20.6 Å². The summed E-state index contributed by atoms with van der Waals surface area (Å²) in [6, 6.07) is 10.4. The van der Waals surface area contributed by atoms with Gasteiger partial charge in [0.15, 0.2) is 0 Å². The summed E-state index contributed by atoms with van der Waals surface area (Å²) >= 11 is 0. The van der Waals surface area contributed by atoms with Crippen LogP contribution in [0.5, 0.6) is 0 Å². The van der Waals surface area contributed by atoms with E-state index in [1.54, 1.807) is 0 Å². The van der Waals surface area contributed by atoms with E-state index in [1.165, 1.54) is 18.4 Å². The predicted octanol–water partition coefficient (Wildman–Crippen LogP) is 3.44. The molecule has 1 saturated carbocycles. The van der Waals surface area contributed by atoms with Crippen LogP contribution in [0.3, 0.4) is 0 Å². The molecule has 1 aliphatic carbocycles. The standard InChI is InChI=1S/C16H23NO.ClH/c1-17(2)13-10-15(18)16(11-6-7-12-16)14-8-4-3-5-9-14;/h3-5,8-9H,6-7,10-13H2,1-2H3;1H. The third-order valence-electron chi connectivity index (χ3n) is 4.10. The zero-order valence-electron chi connectivity index (χ0n) is 11.9. The summed E-state index contributed by atoms with van der Waals surface area (Å²) < 4.78 is 0. The summed E-state index contributed by atoms with van der Waals surface area (Å²) in [4.78, 5) is 14.7. The van der Waals surface area contributed by atoms with Crippen LogP contribution in [0, 0.1) is 0 Å². The Labute approximate surface area is 122 Å². The topological polar surface area (TPSA) is 20.3 Å². The number of hydrogen-bond donors (Lipinski definition) is 0. The smallest absolute Gasteiger partial charge is 0.144 e. The van der Waals surface area contributed by atoms with E-state index in [-0.39, 0.29) is 17.8 Å². The summed E-state index contributed by atoms with van der Waals surface area (Å²) in [6.45, 7) is 0.855. The number of carbonyl (C=O) groups is 1. The van der Waals surface area contributed by atoms with Gasteiger partial charge in [0.25, 0.3) is 0 Å². The Morgan fingerprint density at radius 2 is 1.74 bits per heavy atom. The molecule has 0 N–H and O–H groups in total. The first-order valence-electron chi connectivity index (χ1n) is 6.89. The number of ketones is 1. The summed E-state index contributed by atoms with van der Waals surface area (Å²) in [6.07, 6.45) is 5.10. The third kappa shape index (κ3) is 3.58. The second-order valence-electron chi connectivity index (χ2n) is 5.63. The van der Waals surface area contributed by atoms with Crippen LogP contribution in [0.1, 0.15) is 37.7 Å². The minimum Gasteiger partial charge on any atom is -0.309 e. The molecule has 0 unspecified atom stereocenters. The summed E-state index contributed by atoms with van der Waals surface area (Å²) in [5.41, 5.74) is 1.04. The first kappa shape index (κ1) is 16.2. The Morgan fingerprint density at radius 1 is 1.16 bits per heavy atom. The van der Waals surface area contributed by atoms with Gasteiger partial charge in [-0.2, -0.15) is 0 Å². The van der Waals surface area contributed by atoms with Gasteiger partial charge in [-0.1, -0.05) is 43.2 Å². The molecular weight excluding hydrogens is 258 g/mol. The molecule has 0 atom stereocenters. The highest BCUT2D eigenvalue weighted by atomic mass is 35.5. The average Bonchev–Trinajstić information content (AvgIpc) is 2.87. The van der Waals surface area contributed by atoms with E-state index in [4.69, 9.17) is 0 Å². The van der Waals surface area contributed by atoms with Gasteiger partial charge < -0.3 is 4.90 Å². The molecule has 0 aliphatic heterocycles. The van der Waals surface area contributed by atoms with Gasteiger partial charge in [-0.15, -0.1) is 12.4 Å². The van der Waals surface area contributed by atoms with Crippen molar-refractivity contribution in [1.29, 1.82) is 0 Å². The van der Waals surface area contributed by atoms with Crippen LogP contribution < -0.4 is 0 Å². The van der Waals surface area contributed by atoms with Crippen LogP contribution in [0.2, 0.25) is 0 Å². The molecular formula is C16H24ClNO. The third-order valence-corrected chi connectivity index (χ3v) is 4.10. The minimum atomic E-state index is -0.183. The Bertz CT molecular complexity index is 396. The molecule has 0 saturated heterocycles. The lowest BCUT2D eigenvalue weighted by molar-refractivity contribution is -0.124. The molecule has 0 bridgehead atoms. The summed E-state index contributed by atoms with van der Waals surface area (Å²) in [5, 5.41) is 0. The lowest BCUT2D eigenvalue weighted by Gasteiger charge is -2.28. The highest BCUT2D eigenvalue weighted by Gasteiger charge is 2.41. The maximum atomic E-state index is 12.6. The van der Waals surface area contributed by atoms with Gasteiger partial charge in [-0.3, -0.25) is 4.79 Å². The number of nitrogens with zero attached hydrogens (tertiary/aromatic N) is 1. The van der Waals surface area contributed by atoms with E-state index in [0.29, 0.717) is 12.2 Å². The van der Waals surface area contributed by atoms with E-state index < -0.39 is 0 Å². The number of Topliss-reactive ketones (excluding diaryl/α,β-unsaturated/α-hetero) is 1. The van der Waals surface area contributed by atoms with Crippen molar-refractivity contribution < 1.29 is 4.79 Å². The van der Waals surface area contributed by atoms with Gasteiger partial charge in [0.2, 0.25) is 0 Å². The van der Waals surface area contributed by atoms with Crippen molar-refractivity contribution in [1.82, 2.24) is 4.90 Å². The van der Waals surface area contributed by atoms with Gasteiger partial charge in [0.05, 0.1) is 5.41 Å². The molecule has 1 fully saturated rings. The number of carbonyl (C=O) groups excluding carboxylic acids is 1. The largest absolute Gasteiger partial charge is 0.309 e. The van der Waals surface area contributed by atoms with Crippen molar-refractivity contribution >= 4 is 18.2 Å². The van der Waals surface area contributed by atoms with Crippen molar-refractivity contribution in [3.8, 4) is 0 Å². The van der Waals surface area contributed by atoms with Gasteiger partial charge >= 0.3 is 0 Å². The van der Waals surface area contributed by atoms with Crippen LogP contribution in [0.25, 0.3) is 0 Å². The summed E-state index contributed by atoms with van der Waals surface area (Å²) in [5.74, 6) is 0.430. The van der Waals surface area contributed by atoms with E-state index in [2.05, 4.69) is 29.2 Å². The molecule has 0 amide bonds. The zero-order chi connectivity index (χ0) is 13.0. The van der Waals surface area contributed by atoms with E-state index >= 15 is 0 Å². The fourth-order valence-corrected chi connectivity index (χ4v) is 3.03. The Balaban J connectivity index is 0.00000180. The fourth-order valence-electron chi connectivity index (χ4n) is 3.03. The zero-order valence-corrected chi connectivity index (χ0v) is 12.7. The first-order valence-corrected chi connectivity index (χ1v) is 6.89. The van der Waals surface area contributed by atoms with Crippen LogP contribution in [-0.2, 0) is 10.2 Å². The van der Waals surface area contributed by atoms with Crippen molar-refractivity contribution in [3.05, 3.63) is 35.9 Å². The number of halogens is 1. The van der Waals surface area contributed by atoms with Gasteiger partial charge in [0.1, 0.15) is 5.78 Å². The van der Waals surface area contributed by atoms with E-state index in [9.17, 15) is 4.79 Å². The van der Waals surface area contributed by atoms with Gasteiger partial charge in [0, 0.05) is 13.0 Å². The number of benzene rings is 1.